The van der Waals surface area contributed by atoms with Crippen LogP contribution in [0, 0.1) is 0 Å². The van der Waals surface area contributed by atoms with E-state index in [0.717, 1.165) is 21.3 Å². The highest BCUT2D eigenvalue weighted by Gasteiger charge is 2.25. The zero-order valence-corrected chi connectivity index (χ0v) is 16.3. The van der Waals surface area contributed by atoms with Gasteiger partial charge in [0.25, 0.3) is 0 Å². The van der Waals surface area contributed by atoms with Crippen molar-refractivity contribution in [2.45, 2.75) is 18.9 Å². The summed E-state index contributed by atoms with van der Waals surface area (Å²) in [7, 11) is 0. The van der Waals surface area contributed by atoms with E-state index in [4.69, 9.17) is 10.5 Å². The van der Waals surface area contributed by atoms with Gasteiger partial charge in [0.2, 0.25) is 5.91 Å². The van der Waals surface area contributed by atoms with Gasteiger partial charge in [-0.25, -0.2) is 0 Å². The van der Waals surface area contributed by atoms with Crippen molar-refractivity contribution in [3.63, 3.8) is 0 Å². The fourth-order valence-electron chi connectivity index (χ4n) is 2.92. The van der Waals surface area contributed by atoms with Crippen molar-refractivity contribution in [2.75, 3.05) is 25.4 Å². The Kier molecular flexibility index (Phi) is 7.29. The Bertz CT molecular complexity index is 709. The highest BCUT2D eigenvalue weighted by Crippen LogP contribution is 2.24. The molecule has 1 aliphatic heterocycles. The maximum absolute atomic E-state index is 12.5. The summed E-state index contributed by atoms with van der Waals surface area (Å²) < 4.78 is 6.87. The average Bonchev–Trinajstić information content (AvgIpc) is 2.61. The van der Waals surface area contributed by atoms with Crippen LogP contribution in [-0.4, -0.2) is 30.5 Å². The van der Waals surface area contributed by atoms with Crippen molar-refractivity contribution in [1.29, 1.82) is 0 Å². The molecule has 0 radical (unpaired) electrons. The van der Waals surface area contributed by atoms with Crippen molar-refractivity contribution < 1.29 is 9.53 Å². The molecule has 1 amide bonds. The van der Waals surface area contributed by atoms with Gasteiger partial charge in [0.05, 0.1) is 13.2 Å². The fourth-order valence-corrected chi connectivity index (χ4v) is 3.18. The van der Waals surface area contributed by atoms with Crippen molar-refractivity contribution >= 4 is 39.9 Å². The van der Waals surface area contributed by atoms with Crippen LogP contribution in [0.1, 0.15) is 23.7 Å². The summed E-state index contributed by atoms with van der Waals surface area (Å²) in [4.78, 5) is 14.4. The molecule has 4 nitrogen and oxygen atoms in total. The normalized spacial score (nSPS) is 17.0. The molecule has 0 aliphatic carbocycles. The third kappa shape index (κ3) is 5.21. The van der Waals surface area contributed by atoms with Gasteiger partial charge in [-0.3, -0.25) is 4.79 Å². The molecule has 1 saturated heterocycles. The van der Waals surface area contributed by atoms with Crippen LogP contribution in [0.3, 0.4) is 0 Å². The van der Waals surface area contributed by atoms with E-state index in [1.807, 2.05) is 53.4 Å². The summed E-state index contributed by atoms with van der Waals surface area (Å²) in [6, 6.07) is 15.8. The number of aryl methyl sites for hydroxylation is 1. The number of hydrogen-bond acceptors (Lipinski definition) is 3. The highest BCUT2D eigenvalue weighted by molar-refractivity contribution is 9.10. The van der Waals surface area contributed by atoms with Crippen LogP contribution < -0.4 is 5.73 Å². The summed E-state index contributed by atoms with van der Waals surface area (Å²) in [6.45, 7) is 1.82. The van der Waals surface area contributed by atoms with Crippen molar-refractivity contribution in [1.82, 2.24) is 4.90 Å². The maximum Gasteiger partial charge on any atom is 0.223 e. The molecule has 0 aromatic heterocycles. The molecule has 0 spiro atoms. The second-order valence-corrected chi connectivity index (χ2v) is 6.87. The quantitative estimate of drug-likeness (QED) is 0.754. The first-order valence-electron chi connectivity index (χ1n) is 8.11. The SMILES string of the molecule is Cl.Nc1ccccc1CCC(=O)N1CCOC(c2ccc(Br)cc2)C1. The predicted octanol–water partition coefficient (Wildman–Crippen LogP) is 3.99. The minimum Gasteiger partial charge on any atom is -0.399 e. The van der Waals surface area contributed by atoms with Crippen LogP contribution in [0.5, 0.6) is 0 Å². The van der Waals surface area contributed by atoms with Crippen LogP contribution in [0.25, 0.3) is 0 Å². The van der Waals surface area contributed by atoms with Crippen LogP contribution in [-0.2, 0) is 16.0 Å². The molecule has 0 bridgehead atoms. The van der Waals surface area contributed by atoms with Gasteiger partial charge in [0, 0.05) is 23.1 Å². The second kappa shape index (κ2) is 9.22. The molecule has 2 N–H and O–H groups in total. The highest BCUT2D eigenvalue weighted by atomic mass is 79.9. The molecule has 3 rings (SSSR count). The number of morpholine rings is 1. The van der Waals surface area contributed by atoms with Crippen LogP contribution in [0.2, 0.25) is 0 Å². The minimum absolute atomic E-state index is 0. The molecule has 1 unspecified atom stereocenters. The lowest BCUT2D eigenvalue weighted by Gasteiger charge is -2.33. The molecule has 6 heteroatoms. The first-order valence-corrected chi connectivity index (χ1v) is 8.91. The Balaban J connectivity index is 0.00000225. The number of benzene rings is 2. The lowest BCUT2D eigenvalue weighted by atomic mass is 10.1. The van der Waals surface area contributed by atoms with Crippen molar-refractivity contribution in [2.24, 2.45) is 0 Å². The Labute approximate surface area is 162 Å². The number of rotatable bonds is 4. The van der Waals surface area contributed by atoms with Gasteiger partial charge in [-0.05, 0) is 35.7 Å². The molecule has 1 aliphatic rings. The fraction of sp³-hybridized carbons (Fsp3) is 0.316. The second-order valence-electron chi connectivity index (χ2n) is 5.95. The maximum atomic E-state index is 12.5. The first kappa shape index (κ1) is 19.8. The van der Waals surface area contributed by atoms with E-state index in [1.54, 1.807) is 0 Å². The smallest absolute Gasteiger partial charge is 0.223 e. The van der Waals surface area contributed by atoms with Crippen molar-refractivity contribution in [3.8, 4) is 0 Å². The molecule has 1 heterocycles. The van der Waals surface area contributed by atoms with E-state index >= 15 is 0 Å². The van der Waals surface area contributed by atoms with Gasteiger partial charge < -0.3 is 15.4 Å². The third-order valence-electron chi connectivity index (χ3n) is 4.32. The number of carbonyl (C=O) groups is 1. The number of nitrogens with two attached hydrogens (primary N) is 1. The monoisotopic (exact) mass is 424 g/mol. The number of amides is 1. The Morgan fingerprint density at radius 3 is 2.64 bits per heavy atom. The molecule has 2 aromatic rings. The third-order valence-corrected chi connectivity index (χ3v) is 4.85. The largest absolute Gasteiger partial charge is 0.399 e. The summed E-state index contributed by atoms with van der Waals surface area (Å²) in [5.74, 6) is 0.156. The van der Waals surface area contributed by atoms with E-state index in [9.17, 15) is 4.79 Å². The van der Waals surface area contributed by atoms with Crippen molar-refractivity contribution in [3.05, 3.63) is 64.1 Å². The first-order chi connectivity index (χ1) is 11.6. The Morgan fingerprint density at radius 1 is 1.20 bits per heavy atom. The number of halogens is 2. The molecular weight excluding hydrogens is 404 g/mol. The number of anilines is 1. The van der Waals surface area contributed by atoms with Crippen LogP contribution >= 0.6 is 28.3 Å². The Morgan fingerprint density at radius 2 is 1.92 bits per heavy atom. The van der Waals surface area contributed by atoms with E-state index in [1.165, 1.54) is 0 Å². The van der Waals surface area contributed by atoms with Gasteiger partial charge >= 0.3 is 0 Å². The topological polar surface area (TPSA) is 55.6 Å². The average molecular weight is 426 g/mol. The molecule has 0 saturated carbocycles. The molecule has 134 valence electrons. The van der Waals surface area contributed by atoms with Gasteiger partial charge in [0.1, 0.15) is 6.10 Å². The summed E-state index contributed by atoms with van der Waals surface area (Å²) in [5, 5.41) is 0. The number of para-hydroxylation sites is 1. The molecular formula is C19H22BrClN2O2. The number of ether oxygens (including phenoxy) is 1. The molecule has 1 atom stereocenters. The molecule has 1 fully saturated rings. The van der Waals surface area contributed by atoms with E-state index in [2.05, 4.69) is 15.9 Å². The van der Waals surface area contributed by atoms with E-state index < -0.39 is 0 Å². The van der Waals surface area contributed by atoms with Crippen LogP contribution in [0.15, 0.2) is 53.0 Å². The Hall–Kier alpha value is -1.56. The van der Waals surface area contributed by atoms with Gasteiger partial charge in [-0.2, -0.15) is 0 Å². The zero-order chi connectivity index (χ0) is 16.9. The summed E-state index contributed by atoms with van der Waals surface area (Å²) in [6.07, 6.45) is 1.09. The minimum atomic E-state index is -0.0578. The van der Waals surface area contributed by atoms with Crippen LogP contribution in [0.4, 0.5) is 5.69 Å². The van der Waals surface area contributed by atoms with E-state index in [0.29, 0.717) is 32.5 Å². The lowest BCUT2D eigenvalue weighted by Crippen LogP contribution is -2.42. The van der Waals surface area contributed by atoms with E-state index in [-0.39, 0.29) is 24.4 Å². The summed E-state index contributed by atoms with van der Waals surface area (Å²) >= 11 is 3.44. The lowest BCUT2D eigenvalue weighted by molar-refractivity contribution is -0.139. The number of carbonyl (C=O) groups excluding carboxylic acids is 1. The number of nitrogen functional groups attached to an aromatic ring is 1. The standard InChI is InChI=1S/C19H21BrN2O2.ClH/c20-16-8-5-15(6-9-16)18-13-22(11-12-24-18)19(23)10-7-14-3-1-2-4-17(14)21;/h1-6,8-9,18H,7,10-13,21H2;1H. The molecule has 2 aromatic carbocycles. The number of hydrogen-bond donors (Lipinski definition) is 1. The van der Waals surface area contributed by atoms with Gasteiger partial charge in [-0.15, -0.1) is 12.4 Å². The molecule has 25 heavy (non-hydrogen) atoms. The van der Waals surface area contributed by atoms with Gasteiger partial charge in [-0.1, -0.05) is 46.3 Å². The van der Waals surface area contributed by atoms with Gasteiger partial charge in [0.15, 0.2) is 0 Å². The summed E-state index contributed by atoms with van der Waals surface area (Å²) in [5.41, 5.74) is 8.83. The zero-order valence-electron chi connectivity index (χ0n) is 13.9. The number of nitrogens with zero attached hydrogens (tertiary/aromatic N) is 1. The predicted molar refractivity (Wildman–Crippen MR) is 106 cm³/mol.